The lowest BCUT2D eigenvalue weighted by Crippen LogP contribution is -2.30. The van der Waals surface area contributed by atoms with Crippen LogP contribution in [0, 0.1) is 5.92 Å². The van der Waals surface area contributed by atoms with Crippen LogP contribution in [0.15, 0.2) is 67.3 Å². The monoisotopic (exact) mass is 391 g/mol. The number of amides is 3. The second-order valence-corrected chi connectivity index (χ2v) is 7.01. The van der Waals surface area contributed by atoms with Gasteiger partial charge in [0.05, 0.1) is 17.2 Å². The molecule has 0 radical (unpaired) electrons. The van der Waals surface area contributed by atoms with E-state index in [9.17, 15) is 14.4 Å². The summed E-state index contributed by atoms with van der Waals surface area (Å²) in [6, 6.07) is 16.8. The van der Waals surface area contributed by atoms with Gasteiger partial charge < -0.3 is 15.5 Å². The summed E-state index contributed by atoms with van der Waals surface area (Å²) in [6.45, 7) is 4.90. The molecule has 2 aromatic carbocycles. The zero-order chi connectivity index (χ0) is 20.6. The number of nitrogens with one attached hydrogen (secondary N) is 2. The van der Waals surface area contributed by atoms with Crippen molar-refractivity contribution in [3.05, 3.63) is 78.4 Å². The number of nitrogens with zero attached hydrogens (tertiary/aromatic N) is 1. The SMILES string of the molecule is C=CCNC(=O)c1ccccc1NC(=O)[C@@H]1CC(=O)N(CCc2ccccc2)C1. The average Bonchev–Trinajstić information content (AvgIpc) is 3.12. The van der Waals surface area contributed by atoms with Crippen LogP contribution in [0.3, 0.4) is 0 Å². The van der Waals surface area contributed by atoms with Crippen molar-refractivity contribution >= 4 is 23.4 Å². The van der Waals surface area contributed by atoms with Crippen molar-refractivity contribution in [1.82, 2.24) is 10.2 Å². The van der Waals surface area contributed by atoms with Gasteiger partial charge in [0.2, 0.25) is 11.8 Å². The fourth-order valence-electron chi connectivity index (χ4n) is 3.36. The highest BCUT2D eigenvalue weighted by atomic mass is 16.2. The Balaban J connectivity index is 1.59. The van der Waals surface area contributed by atoms with Crippen molar-refractivity contribution in [1.29, 1.82) is 0 Å². The molecular formula is C23H25N3O3. The number of hydrogen-bond acceptors (Lipinski definition) is 3. The van der Waals surface area contributed by atoms with Crippen LogP contribution < -0.4 is 10.6 Å². The molecule has 1 heterocycles. The Hall–Kier alpha value is -3.41. The molecule has 29 heavy (non-hydrogen) atoms. The summed E-state index contributed by atoms with van der Waals surface area (Å²) in [5.74, 6) is -0.974. The lowest BCUT2D eigenvalue weighted by molar-refractivity contribution is -0.128. The Kier molecular flexibility index (Phi) is 6.79. The topological polar surface area (TPSA) is 78.5 Å². The quantitative estimate of drug-likeness (QED) is 0.679. The lowest BCUT2D eigenvalue weighted by Gasteiger charge is -2.17. The Bertz CT molecular complexity index is 895. The molecule has 0 bridgehead atoms. The molecule has 1 saturated heterocycles. The number of para-hydroxylation sites is 1. The number of likely N-dealkylation sites (tertiary alicyclic amines) is 1. The summed E-state index contributed by atoms with van der Waals surface area (Å²) in [5, 5.41) is 5.53. The molecule has 0 aliphatic carbocycles. The van der Waals surface area contributed by atoms with Crippen molar-refractivity contribution in [3.8, 4) is 0 Å². The van der Waals surface area contributed by atoms with Crippen molar-refractivity contribution in [3.63, 3.8) is 0 Å². The standard InChI is InChI=1S/C23H25N3O3/c1-2-13-24-23(29)19-10-6-7-11-20(19)25-22(28)18-15-21(27)26(16-18)14-12-17-8-4-3-5-9-17/h2-11,18H,1,12-16H2,(H,24,29)(H,25,28)/t18-/m1/s1. The number of anilines is 1. The summed E-state index contributed by atoms with van der Waals surface area (Å²) in [7, 11) is 0. The van der Waals surface area contributed by atoms with E-state index in [0.29, 0.717) is 30.9 Å². The zero-order valence-electron chi connectivity index (χ0n) is 16.3. The molecule has 3 rings (SSSR count). The highest BCUT2D eigenvalue weighted by Gasteiger charge is 2.34. The van der Waals surface area contributed by atoms with Crippen molar-refractivity contribution < 1.29 is 14.4 Å². The lowest BCUT2D eigenvalue weighted by atomic mass is 10.1. The van der Waals surface area contributed by atoms with E-state index in [1.165, 1.54) is 0 Å². The van der Waals surface area contributed by atoms with Gasteiger partial charge in [-0.3, -0.25) is 14.4 Å². The minimum Gasteiger partial charge on any atom is -0.349 e. The molecule has 2 N–H and O–H groups in total. The molecule has 6 heteroatoms. The van der Waals surface area contributed by atoms with Gasteiger partial charge in [0.25, 0.3) is 5.91 Å². The van der Waals surface area contributed by atoms with E-state index in [2.05, 4.69) is 17.2 Å². The van der Waals surface area contributed by atoms with Crippen molar-refractivity contribution in [2.75, 3.05) is 25.0 Å². The van der Waals surface area contributed by atoms with E-state index in [4.69, 9.17) is 0 Å². The van der Waals surface area contributed by atoms with Crippen LogP contribution in [0.2, 0.25) is 0 Å². The van der Waals surface area contributed by atoms with Crippen LogP contribution >= 0.6 is 0 Å². The maximum Gasteiger partial charge on any atom is 0.253 e. The van der Waals surface area contributed by atoms with E-state index in [-0.39, 0.29) is 24.1 Å². The highest BCUT2D eigenvalue weighted by Crippen LogP contribution is 2.22. The second-order valence-electron chi connectivity index (χ2n) is 7.01. The Morgan fingerprint density at radius 1 is 1.10 bits per heavy atom. The van der Waals surface area contributed by atoms with Crippen molar-refractivity contribution in [2.45, 2.75) is 12.8 Å². The van der Waals surface area contributed by atoms with Crippen LogP contribution in [0.25, 0.3) is 0 Å². The van der Waals surface area contributed by atoms with E-state index in [1.807, 2.05) is 30.3 Å². The van der Waals surface area contributed by atoms with Crippen molar-refractivity contribution in [2.24, 2.45) is 5.92 Å². The van der Waals surface area contributed by atoms with Crippen LogP contribution in [-0.4, -0.2) is 42.3 Å². The molecule has 1 aliphatic heterocycles. The summed E-state index contributed by atoms with van der Waals surface area (Å²) < 4.78 is 0. The van der Waals surface area contributed by atoms with Gasteiger partial charge in [-0.2, -0.15) is 0 Å². The number of carbonyl (C=O) groups is 3. The first-order valence-electron chi connectivity index (χ1n) is 9.69. The van der Waals surface area contributed by atoms with Gasteiger partial charge in [-0.05, 0) is 24.1 Å². The van der Waals surface area contributed by atoms with Crippen LogP contribution in [0.1, 0.15) is 22.3 Å². The summed E-state index contributed by atoms with van der Waals surface area (Å²) in [6.07, 6.45) is 2.53. The largest absolute Gasteiger partial charge is 0.349 e. The molecule has 0 aromatic heterocycles. The first kappa shape index (κ1) is 20.3. The molecule has 6 nitrogen and oxygen atoms in total. The Morgan fingerprint density at radius 3 is 2.59 bits per heavy atom. The second kappa shape index (κ2) is 9.68. The van der Waals surface area contributed by atoms with Gasteiger partial charge in [-0.25, -0.2) is 0 Å². The zero-order valence-corrected chi connectivity index (χ0v) is 16.3. The van der Waals surface area contributed by atoms with E-state index in [1.54, 1.807) is 35.2 Å². The van der Waals surface area contributed by atoms with Gasteiger partial charge in [0.15, 0.2) is 0 Å². The third kappa shape index (κ3) is 5.31. The van der Waals surface area contributed by atoms with Crippen LogP contribution in [0.5, 0.6) is 0 Å². The first-order valence-corrected chi connectivity index (χ1v) is 9.69. The molecule has 2 aromatic rings. The molecule has 1 atom stereocenters. The normalized spacial score (nSPS) is 15.8. The molecule has 0 saturated carbocycles. The van der Waals surface area contributed by atoms with Gasteiger partial charge >= 0.3 is 0 Å². The molecule has 1 aliphatic rings. The third-order valence-corrected chi connectivity index (χ3v) is 4.94. The molecule has 0 spiro atoms. The number of benzene rings is 2. The van der Waals surface area contributed by atoms with E-state index in [0.717, 1.165) is 12.0 Å². The smallest absolute Gasteiger partial charge is 0.253 e. The van der Waals surface area contributed by atoms with Crippen LogP contribution in [-0.2, 0) is 16.0 Å². The molecule has 3 amide bonds. The Labute approximate surface area is 170 Å². The minimum absolute atomic E-state index is 0.0157. The number of rotatable bonds is 8. The van der Waals surface area contributed by atoms with Gasteiger partial charge in [-0.1, -0.05) is 48.5 Å². The Morgan fingerprint density at radius 2 is 1.83 bits per heavy atom. The summed E-state index contributed by atoms with van der Waals surface area (Å²) >= 11 is 0. The fourth-order valence-corrected chi connectivity index (χ4v) is 3.36. The summed E-state index contributed by atoms with van der Waals surface area (Å²) in [4.78, 5) is 39.1. The number of hydrogen-bond donors (Lipinski definition) is 2. The first-order chi connectivity index (χ1) is 14.1. The summed E-state index contributed by atoms with van der Waals surface area (Å²) in [5.41, 5.74) is 1.98. The highest BCUT2D eigenvalue weighted by molar-refractivity contribution is 6.05. The number of carbonyl (C=O) groups excluding carboxylic acids is 3. The van der Waals surface area contributed by atoms with Crippen LogP contribution in [0.4, 0.5) is 5.69 Å². The molecule has 0 unspecified atom stereocenters. The fraction of sp³-hybridized carbons (Fsp3) is 0.261. The predicted octanol–water partition coefficient (Wildman–Crippen LogP) is 2.63. The molecule has 1 fully saturated rings. The predicted molar refractivity (Wildman–Crippen MR) is 112 cm³/mol. The van der Waals surface area contributed by atoms with E-state index < -0.39 is 5.92 Å². The maximum absolute atomic E-state index is 12.7. The maximum atomic E-state index is 12.7. The van der Waals surface area contributed by atoms with Gasteiger partial charge in [-0.15, -0.1) is 6.58 Å². The van der Waals surface area contributed by atoms with Gasteiger partial charge in [0.1, 0.15) is 0 Å². The average molecular weight is 391 g/mol. The van der Waals surface area contributed by atoms with Gasteiger partial charge in [0, 0.05) is 26.1 Å². The third-order valence-electron chi connectivity index (χ3n) is 4.94. The molecule has 150 valence electrons. The van der Waals surface area contributed by atoms with E-state index >= 15 is 0 Å². The molecular weight excluding hydrogens is 366 g/mol. The minimum atomic E-state index is -0.428.